The number of nitrogens with one attached hydrogen (secondary N) is 1. The summed E-state index contributed by atoms with van der Waals surface area (Å²) < 4.78 is 7.98. The van der Waals surface area contributed by atoms with Crippen LogP contribution >= 0.6 is 0 Å². The number of carbonyl (C=O) groups excluding carboxylic acids is 1. The molecule has 0 saturated heterocycles. The van der Waals surface area contributed by atoms with Gasteiger partial charge in [0.1, 0.15) is 11.8 Å². The minimum Gasteiger partial charge on any atom is -0.491 e. The lowest BCUT2D eigenvalue weighted by molar-refractivity contribution is -0.115. The molecule has 3 aromatic rings. The highest BCUT2D eigenvalue weighted by Crippen LogP contribution is 2.35. The molecule has 1 amide bonds. The number of benzene rings is 2. The Bertz CT molecular complexity index is 1040. The first-order valence-electron chi connectivity index (χ1n) is 9.61. The van der Waals surface area contributed by atoms with Gasteiger partial charge in [0.2, 0.25) is 5.91 Å². The van der Waals surface area contributed by atoms with Gasteiger partial charge in [0.15, 0.2) is 0 Å². The predicted octanol–water partition coefficient (Wildman–Crippen LogP) is 5.34. The number of amides is 1. The second kappa shape index (κ2) is 8.18. The Morgan fingerprint density at radius 3 is 2.46 bits per heavy atom. The van der Waals surface area contributed by atoms with Gasteiger partial charge in [-0.3, -0.25) is 4.79 Å². The first-order valence-corrected chi connectivity index (χ1v) is 9.61. The van der Waals surface area contributed by atoms with Gasteiger partial charge in [0, 0.05) is 30.1 Å². The van der Waals surface area contributed by atoms with E-state index in [-0.39, 0.29) is 12.0 Å². The number of nitrogens with zero attached hydrogens (tertiary/aromatic N) is 2. The van der Waals surface area contributed by atoms with Gasteiger partial charge < -0.3 is 14.6 Å². The SMILES string of the molecule is CCC(=O)Nc1ccc(-c2c(C#N)c3ccc(OC(C)C)cc3n2CC)cc1. The largest absolute Gasteiger partial charge is 0.491 e. The third-order valence-electron chi connectivity index (χ3n) is 4.60. The van der Waals surface area contributed by atoms with Gasteiger partial charge in [-0.2, -0.15) is 5.26 Å². The molecule has 0 aliphatic carbocycles. The van der Waals surface area contributed by atoms with E-state index in [4.69, 9.17) is 4.74 Å². The number of carbonyl (C=O) groups is 1. The second-order valence-electron chi connectivity index (χ2n) is 6.90. The van der Waals surface area contributed by atoms with E-state index in [2.05, 4.69) is 22.9 Å². The number of aromatic nitrogens is 1. The molecular weight excluding hydrogens is 350 g/mol. The summed E-state index contributed by atoms with van der Waals surface area (Å²) in [5, 5.41) is 13.6. The molecule has 0 aliphatic heterocycles. The number of hydrogen-bond donors (Lipinski definition) is 1. The van der Waals surface area contributed by atoms with Gasteiger partial charge in [-0.05, 0) is 50.6 Å². The lowest BCUT2D eigenvalue weighted by atomic mass is 10.1. The number of fused-ring (bicyclic) bond motifs is 1. The second-order valence-corrected chi connectivity index (χ2v) is 6.90. The lowest BCUT2D eigenvalue weighted by Gasteiger charge is -2.12. The van der Waals surface area contributed by atoms with Crippen molar-refractivity contribution in [3.8, 4) is 23.1 Å². The Labute approximate surface area is 165 Å². The number of nitriles is 1. The molecule has 1 heterocycles. The highest BCUT2D eigenvalue weighted by molar-refractivity contribution is 5.96. The summed E-state index contributed by atoms with van der Waals surface area (Å²) in [4.78, 5) is 11.6. The van der Waals surface area contributed by atoms with Gasteiger partial charge in [0.25, 0.3) is 0 Å². The fraction of sp³-hybridized carbons (Fsp3) is 0.304. The van der Waals surface area contributed by atoms with Gasteiger partial charge in [0.05, 0.1) is 22.9 Å². The zero-order valence-electron chi connectivity index (χ0n) is 16.7. The van der Waals surface area contributed by atoms with E-state index in [1.165, 1.54) is 0 Å². The fourth-order valence-corrected chi connectivity index (χ4v) is 3.38. The molecule has 2 aromatic carbocycles. The van der Waals surface area contributed by atoms with Gasteiger partial charge in [-0.15, -0.1) is 0 Å². The molecule has 3 rings (SSSR count). The highest BCUT2D eigenvalue weighted by Gasteiger charge is 2.18. The molecule has 0 aliphatic rings. The third kappa shape index (κ3) is 3.72. The number of hydrogen-bond acceptors (Lipinski definition) is 3. The quantitative estimate of drug-likeness (QED) is 0.633. The van der Waals surface area contributed by atoms with Crippen molar-refractivity contribution in [3.63, 3.8) is 0 Å². The minimum atomic E-state index is -0.0224. The summed E-state index contributed by atoms with van der Waals surface area (Å²) in [6.07, 6.45) is 0.522. The van der Waals surface area contributed by atoms with Crippen LogP contribution in [0.25, 0.3) is 22.2 Å². The zero-order chi connectivity index (χ0) is 20.3. The van der Waals surface area contributed by atoms with Crippen LogP contribution in [0.1, 0.15) is 39.7 Å². The van der Waals surface area contributed by atoms with Gasteiger partial charge >= 0.3 is 0 Å². The maximum absolute atomic E-state index is 11.6. The summed E-state index contributed by atoms with van der Waals surface area (Å²) in [5.41, 5.74) is 4.21. The van der Waals surface area contributed by atoms with Crippen LogP contribution in [0, 0.1) is 11.3 Å². The molecule has 0 radical (unpaired) electrons. The lowest BCUT2D eigenvalue weighted by Crippen LogP contribution is -2.09. The van der Waals surface area contributed by atoms with E-state index in [1.807, 2.05) is 63.2 Å². The maximum atomic E-state index is 11.6. The highest BCUT2D eigenvalue weighted by atomic mass is 16.5. The molecule has 1 N–H and O–H groups in total. The van der Waals surface area contributed by atoms with Gasteiger partial charge in [-0.25, -0.2) is 0 Å². The van der Waals surface area contributed by atoms with Crippen molar-refractivity contribution in [2.24, 2.45) is 0 Å². The zero-order valence-corrected chi connectivity index (χ0v) is 16.7. The van der Waals surface area contributed by atoms with Gasteiger partial charge in [-0.1, -0.05) is 19.1 Å². The molecule has 0 spiro atoms. The number of rotatable bonds is 6. The molecule has 0 atom stereocenters. The molecule has 28 heavy (non-hydrogen) atoms. The molecule has 144 valence electrons. The summed E-state index contributed by atoms with van der Waals surface area (Å²) in [6, 6.07) is 15.9. The minimum absolute atomic E-state index is 0.0224. The maximum Gasteiger partial charge on any atom is 0.224 e. The van der Waals surface area contributed by atoms with Crippen molar-refractivity contribution in [2.45, 2.75) is 46.8 Å². The Morgan fingerprint density at radius 2 is 1.89 bits per heavy atom. The smallest absolute Gasteiger partial charge is 0.224 e. The molecule has 0 fully saturated rings. The van der Waals surface area contributed by atoms with Crippen LogP contribution < -0.4 is 10.1 Å². The average molecular weight is 375 g/mol. The van der Waals surface area contributed by atoms with Crippen molar-refractivity contribution in [2.75, 3.05) is 5.32 Å². The van der Waals surface area contributed by atoms with Crippen LogP contribution in [0.3, 0.4) is 0 Å². The topological polar surface area (TPSA) is 67.1 Å². The van der Waals surface area contributed by atoms with E-state index in [0.717, 1.165) is 40.1 Å². The number of aryl methyl sites for hydroxylation is 1. The van der Waals surface area contributed by atoms with Crippen molar-refractivity contribution in [1.29, 1.82) is 5.26 Å². The van der Waals surface area contributed by atoms with Crippen LogP contribution in [0.5, 0.6) is 5.75 Å². The first-order chi connectivity index (χ1) is 13.5. The summed E-state index contributed by atoms with van der Waals surface area (Å²) >= 11 is 0. The molecule has 1 aromatic heterocycles. The Balaban J connectivity index is 2.12. The summed E-state index contributed by atoms with van der Waals surface area (Å²) in [6.45, 7) is 8.60. The van der Waals surface area contributed by atoms with Crippen molar-refractivity contribution < 1.29 is 9.53 Å². The fourth-order valence-electron chi connectivity index (χ4n) is 3.38. The Hall–Kier alpha value is -3.26. The molecule has 0 bridgehead atoms. The number of ether oxygens (including phenoxy) is 1. The van der Waals surface area contributed by atoms with Crippen LogP contribution in [-0.4, -0.2) is 16.6 Å². The first kappa shape index (κ1) is 19.5. The van der Waals surface area contributed by atoms with E-state index >= 15 is 0 Å². The van der Waals surface area contributed by atoms with Crippen LogP contribution in [0.4, 0.5) is 5.69 Å². The Kier molecular flexibility index (Phi) is 5.70. The third-order valence-corrected chi connectivity index (χ3v) is 4.60. The molecule has 5 nitrogen and oxygen atoms in total. The van der Waals surface area contributed by atoms with Crippen LogP contribution in [0.15, 0.2) is 42.5 Å². The summed E-state index contributed by atoms with van der Waals surface area (Å²) in [7, 11) is 0. The van der Waals surface area contributed by atoms with E-state index in [1.54, 1.807) is 0 Å². The van der Waals surface area contributed by atoms with Crippen molar-refractivity contribution in [3.05, 3.63) is 48.0 Å². The monoisotopic (exact) mass is 375 g/mol. The Morgan fingerprint density at radius 1 is 1.18 bits per heavy atom. The van der Waals surface area contributed by atoms with E-state index in [0.29, 0.717) is 12.0 Å². The molecule has 5 heteroatoms. The molecular formula is C23H25N3O2. The van der Waals surface area contributed by atoms with Crippen LogP contribution in [0.2, 0.25) is 0 Å². The summed E-state index contributed by atoms with van der Waals surface area (Å²) in [5.74, 6) is 0.772. The standard InChI is InChI=1S/C23H25N3O2/c1-5-22(27)25-17-9-7-16(8-10-17)23-20(14-24)19-12-11-18(28-15(3)4)13-21(19)26(23)6-2/h7-13,15H,5-6H2,1-4H3,(H,25,27). The number of anilines is 1. The van der Waals surface area contributed by atoms with E-state index in [9.17, 15) is 10.1 Å². The average Bonchev–Trinajstić information content (AvgIpc) is 3.00. The van der Waals surface area contributed by atoms with Crippen molar-refractivity contribution >= 4 is 22.5 Å². The molecule has 0 saturated carbocycles. The van der Waals surface area contributed by atoms with Crippen molar-refractivity contribution in [1.82, 2.24) is 4.57 Å². The predicted molar refractivity (Wildman–Crippen MR) is 112 cm³/mol. The van der Waals surface area contributed by atoms with Crippen LogP contribution in [-0.2, 0) is 11.3 Å². The molecule has 0 unspecified atom stereocenters. The van der Waals surface area contributed by atoms with E-state index < -0.39 is 0 Å². The normalized spacial score (nSPS) is 10.9.